The first kappa shape index (κ1) is 14.5. The van der Waals surface area contributed by atoms with Crippen molar-refractivity contribution < 1.29 is 4.74 Å². The number of para-hydroxylation sites is 1. The highest BCUT2D eigenvalue weighted by atomic mass is 127. The number of halogens is 1. The third kappa shape index (κ3) is 3.11. The van der Waals surface area contributed by atoms with Gasteiger partial charge in [0.2, 0.25) is 11.8 Å². The van der Waals surface area contributed by atoms with Crippen LogP contribution in [0.15, 0.2) is 30.3 Å². The van der Waals surface area contributed by atoms with Crippen LogP contribution < -0.4 is 10.1 Å². The van der Waals surface area contributed by atoms with Crippen LogP contribution in [-0.2, 0) is 0 Å². The van der Waals surface area contributed by atoms with Gasteiger partial charge in [0, 0.05) is 11.4 Å². The SMILES string of the molecule is CCNc1nc(Oc2ccccc2I)c2cc(C)sc2n1. The molecular formula is C15H14IN3OS. The Kier molecular flexibility index (Phi) is 4.25. The summed E-state index contributed by atoms with van der Waals surface area (Å²) in [6.45, 7) is 4.86. The summed E-state index contributed by atoms with van der Waals surface area (Å²) >= 11 is 3.91. The van der Waals surface area contributed by atoms with Gasteiger partial charge >= 0.3 is 0 Å². The molecule has 4 nitrogen and oxygen atoms in total. The van der Waals surface area contributed by atoms with E-state index in [1.807, 2.05) is 31.2 Å². The molecule has 0 saturated heterocycles. The number of thiophene rings is 1. The van der Waals surface area contributed by atoms with E-state index in [1.54, 1.807) is 11.3 Å². The third-order valence-electron chi connectivity index (χ3n) is 2.86. The van der Waals surface area contributed by atoms with E-state index >= 15 is 0 Å². The Labute approximate surface area is 140 Å². The molecular weight excluding hydrogens is 397 g/mol. The summed E-state index contributed by atoms with van der Waals surface area (Å²) in [5.74, 6) is 2.02. The Bertz CT molecular complexity index is 788. The first-order valence-corrected chi connectivity index (χ1v) is 8.51. The maximum absolute atomic E-state index is 6.03. The van der Waals surface area contributed by atoms with Crippen LogP contribution in [0.3, 0.4) is 0 Å². The normalized spacial score (nSPS) is 10.8. The van der Waals surface area contributed by atoms with Gasteiger partial charge in [-0.2, -0.15) is 4.98 Å². The molecule has 0 spiro atoms. The minimum Gasteiger partial charge on any atom is -0.437 e. The smallest absolute Gasteiger partial charge is 0.232 e. The van der Waals surface area contributed by atoms with Gasteiger partial charge in [0.25, 0.3) is 0 Å². The average molecular weight is 411 g/mol. The highest BCUT2D eigenvalue weighted by Gasteiger charge is 2.13. The second kappa shape index (κ2) is 6.15. The predicted octanol–water partition coefficient (Wildman–Crippen LogP) is 4.83. The Morgan fingerprint density at radius 3 is 2.86 bits per heavy atom. The molecule has 0 unspecified atom stereocenters. The fraction of sp³-hybridized carbons (Fsp3) is 0.200. The summed E-state index contributed by atoms with van der Waals surface area (Å²) in [5.41, 5.74) is 0. The molecule has 3 rings (SSSR count). The number of rotatable bonds is 4. The number of ether oxygens (including phenoxy) is 1. The number of nitrogens with one attached hydrogen (secondary N) is 1. The topological polar surface area (TPSA) is 47.0 Å². The van der Waals surface area contributed by atoms with Crippen LogP contribution in [-0.4, -0.2) is 16.5 Å². The highest BCUT2D eigenvalue weighted by Crippen LogP contribution is 2.34. The van der Waals surface area contributed by atoms with Crippen molar-refractivity contribution in [1.82, 2.24) is 9.97 Å². The van der Waals surface area contributed by atoms with E-state index in [1.165, 1.54) is 4.88 Å². The van der Waals surface area contributed by atoms with Crippen molar-refractivity contribution in [3.63, 3.8) is 0 Å². The van der Waals surface area contributed by atoms with Crippen molar-refractivity contribution in [2.24, 2.45) is 0 Å². The molecule has 0 bridgehead atoms. The number of benzene rings is 1. The molecule has 0 fully saturated rings. The monoisotopic (exact) mass is 411 g/mol. The standard InChI is InChI=1S/C15H14IN3OS/c1-3-17-15-18-13(10-8-9(2)21-14(10)19-15)20-12-7-5-4-6-11(12)16/h4-8H,3H2,1-2H3,(H,17,18,19). The molecule has 108 valence electrons. The van der Waals surface area contributed by atoms with Crippen LogP contribution in [0.1, 0.15) is 11.8 Å². The number of aryl methyl sites for hydroxylation is 1. The van der Waals surface area contributed by atoms with Crippen LogP contribution in [0.25, 0.3) is 10.2 Å². The zero-order valence-corrected chi connectivity index (χ0v) is 14.7. The summed E-state index contributed by atoms with van der Waals surface area (Å²) in [4.78, 5) is 11.2. The molecule has 21 heavy (non-hydrogen) atoms. The van der Waals surface area contributed by atoms with Gasteiger partial charge < -0.3 is 10.1 Å². The fourth-order valence-electron chi connectivity index (χ4n) is 1.96. The number of aromatic nitrogens is 2. The number of nitrogens with zero attached hydrogens (tertiary/aromatic N) is 2. The maximum Gasteiger partial charge on any atom is 0.232 e. The van der Waals surface area contributed by atoms with E-state index in [9.17, 15) is 0 Å². The molecule has 0 atom stereocenters. The van der Waals surface area contributed by atoms with Crippen molar-refractivity contribution in [1.29, 1.82) is 0 Å². The number of anilines is 1. The van der Waals surface area contributed by atoms with Crippen LogP contribution in [0.5, 0.6) is 11.6 Å². The average Bonchev–Trinajstić information content (AvgIpc) is 2.82. The minimum absolute atomic E-state index is 0.601. The fourth-order valence-corrected chi connectivity index (χ4v) is 3.33. The van der Waals surface area contributed by atoms with Gasteiger partial charge in [-0.15, -0.1) is 11.3 Å². The molecule has 6 heteroatoms. The van der Waals surface area contributed by atoms with Crippen LogP contribution in [0.2, 0.25) is 0 Å². The number of hydrogen-bond acceptors (Lipinski definition) is 5. The van der Waals surface area contributed by atoms with Crippen molar-refractivity contribution in [2.45, 2.75) is 13.8 Å². The summed E-state index contributed by atoms with van der Waals surface area (Å²) < 4.78 is 7.09. The van der Waals surface area contributed by atoms with Crippen LogP contribution in [0, 0.1) is 10.5 Å². The molecule has 1 N–H and O–H groups in total. The lowest BCUT2D eigenvalue weighted by molar-refractivity contribution is 0.466. The van der Waals surface area contributed by atoms with E-state index < -0.39 is 0 Å². The molecule has 0 aliphatic carbocycles. The molecule has 0 aliphatic heterocycles. The predicted molar refractivity (Wildman–Crippen MR) is 95.5 cm³/mol. The van der Waals surface area contributed by atoms with Crippen molar-refractivity contribution >= 4 is 50.1 Å². The molecule has 0 aliphatic rings. The Morgan fingerprint density at radius 1 is 1.29 bits per heavy atom. The lowest BCUT2D eigenvalue weighted by Crippen LogP contribution is -2.03. The van der Waals surface area contributed by atoms with Crippen molar-refractivity contribution in [3.8, 4) is 11.6 Å². The zero-order valence-electron chi connectivity index (χ0n) is 11.7. The van der Waals surface area contributed by atoms with E-state index in [0.717, 1.165) is 26.1 Å². The van der Waals surface area contributed by atoms with Gasteiger partial charge in [-0.3, -0.25) is 0 Å². The van der Waals surface area contributed by atoms with E-state index in [0.29, 0.717) is 11.8 Å². The Balaban J connectivity index is 2.09. The first-order valence-electron chi connectivity index (χ1n) is 6.62. The molecule has 2 heterocycles. The lowest BCUT2D eigenvalue weighted by atomic mass is 10.3. The van der Waals surface area contributed by atoms with Crippen LogP contribution in [0.4, 0.5) is 5.95 Å². The van der Waals surface area contributed by atoms with Gasteiger partial charge in [0.1, 0.15) is 10.6 Å². The van der Waals surface area contributed by atoms with Gasteiger partial charge in [0.05, 0.1) is 8.96 Å². The van der Waals surface area contributed by atoms with Gasteiger partial charge in [-0.1, -0.05) is 12.1 Å². The van der Waals surface area contributed by atoms with E-state index in [4.69, 9.17) is 4.74 Å². The molecule has 0 saturated carbocycles. The largest absolute Gasteiger partial charge is 0.437 e. The lowest BCUT2D eigenvalue weighted by Gasteiger charge is -2.09. The second-order valence-corrected chi connectivity index (χ2v) is 6.89. The van der Waals surface area contributed by atoms with Crippen molar-refractivity contribution in [2.75, 3.05) is 11.9 Å². The molecule has 1 aromatic carbocycles. The second-order valence-electron chi connectivity index (χ2n) is 4.49. The summed E-state index contributed by atoms with van der Waals surface area (Å²) in [7, 11) is 0. The summed E-state index contributed by atoms with van der Waals surface area (Å²) in [5, 5.41) is 4.11. The molecule has 2 aromatic heterocycles. The van der Waals surface area contributed by atoms with Crippen LogP contribution >= 0.6 is 33.9 Å². The minimum atomic E-state index is 0.601. The maximum atomic E-state index is 6.03. The Morgan fingerprint density at radius 2 is 2.10 bits per heavy atom. The quantitative estimate of drug-likeness (QED) is 0.625. The Hall–Kier alpha value is -1.41. The molecule has 0 radical (unpaired) electrons. The number of hydrogen-bond donors (Lipinski definition) is 1. The van der Waals surface area contributed by atoms with E-state index in [-0.39, 0.29) is 0 Å². The summed E-state index contributed by atoms with van der Waals surface area (Å²) in [6.07, 6.45) is 0. The zero-order chi connectivity index (χ0) is 14.8. The van der Waals surface area contributed by atoms with Gasteiger partial charge in [0.15, 0.2) is 0 Å². The first-order chi connectivity index (χ1) is 10.2. The van der Waals surface area contributed by atoms with Gasteiger partial charge in [-0.05, 0) is 54.6 Å². The third-order valence-corrected chi connectivity index (χ3v) is 4.69. The number of fused-ring (bicyclic) bond motifs is 1. The highest BCUT2D eigenvalue weighted by molar-refractivity contribution is 14.1. The molecule has 0 amide bonds. The van der Waals surface area contributed by atoms with Gasteiger partial charge in [-0.25, -0.2) is 4.98 Å². The van der Waals surface area contributed by atoms with E-state index in [2.05, 4.69) is 50.9 Å². The van der Waals surface area contributed by atoms with Crippen molar-refractivity contribution in [3.05, 3.63) is 38.8 Å². The molecule has 3 aromatic rings. The summed E-state index contributed by atoms with van der Waals surface area (Å²) in [6, 6.07) is 9.98.